The maximum atomic E-state index is 9.61. The predicted molar refractivity (Wildman–Crippen MR) is 91.6 cm³/mol. The van der Waals surface area contributed by atoms with Gasteiger partial charge in [-0.2, -0.15) is 0 Å². The van der Waals surface area contributed by atoms with Crippen LogP contribution in [0.1, 0.15) is 24.1 Å². The Labute approximate surface area is 149 Å². The smallest absolute Gasteiger partial charge is 0.303 e. The van der Waals surface area contributed by atoms with Crippen molar-refractivity contribution in [1.82, 2.24) is 10.1 Å². The van der Waals surface area contributed by atoms with Crippen LogP contribution < -0.4 is 15.9 Å². The number of pyridine rings is 1. The molecule has 0 saturated heterocycles. The molecular weight excluding hydrogens is 336 g/mol. The fraction of sp³-hybridized carbons (Fsp3) is 0.167. The summed E-state index contributed by atoms with van der Waals surface area (Å²) in [6, 6.07) is 12.0. The third kappa shape index (κ3) is 5.52. The fourth-order valence-corrected chi connectivity index (χ4v) is 2.26. The molecule has 8 nitrogen and oxygen atoms in total. The lowest BCUT2D eigenvalue weighted by atomic mass is 10.1. The van der Waals surface area contributed by atoms with Gasteiger partial charge in [-0.15, -0.1) is 5.10 Å². The van der Waals surface area contributed by atoms with Gasteiger partial charge in [0.2, 0.25) is 0 Å². The number of benzene rings is 1. The third-order valence-electron chi connectivity index (χ3n) is 3.50. The Balaban J connectivity index is 0.000000260. The molecule has 134 valence electrons. The van der Waals surface area contributed by atoms with E-state index in [4.69, 9.17) is 10.8 Å². The number of rotatable bonds is 5. The number of aromatic amines is 1. The lowest BCUT2D eigenvalue weighted by molar-refractivity contribution is -0.438. The zero-order valence-electron chi connectivity index (χ0n) is 13.9. The van der Waals surface area contributed by atoms with E-state index < -0.39 is 18.4 Å². The molecule has 4 N–H and O–H groups in total. The SMILES string of the molecule is Nc1[nH+]nc(Cc2ccncc2)c2ccccc12.O=C([O-])CCC(=O)O. The van der Waals surface area contributed by atoms with Crippen molar-refractivity contribution in [1.29, 1.82) is 0 Å². The van der Waals surface area contributed by atoms with E-state index in [1.54, 1.807) is 12.4 Å². The molecule has 0 unspecified atom stereocenters. The van der Waals surface area contributed by atoms with Gasteiger partial charge in [-0.1, -0.05) is 23.3 Å². The van der Waals surface area contributed by atoms with Gasteiger partial charge in [0.25, 0.3) is 5.82 Å². The van der Waals surface area contributed by atoms with Crippen molar-refractivity contribution >= 4 is 28.5 Å². The monoisotopic (exact) mass is 354 g/mol. The summed E-state index contributed by atoms with van der Waals surface area (Å²) in [5.74, 6) is -1.84. The molecule has 3 aromatic rings. The average molecular weight is 354 g/mol. The second kappa shape index (κ2) is 9.07. The zero-order chi connectivity index (χ0) is 18.9. The second-order valence-electron chi connectivity index (χ2n) is 5.43. The third-order valence-corrected chi connectivity index (χ3v) is 3.50. The van der Waals surface area contributed by atoms with Crippen molar-refractivity contribution in [2.24, 2.45) is 0 Å². The molecule has 0 atom stereocenters. The van der Waals surface area contributed by atoms with Crippen molar-refractivity contribution in [3.63, 3.8) is 0 Å². The summed E-state index contributed by atoms with van der Waals surface area (Å²) in [5.41, 5.74) is 8.06. The first kappa shape index (κ1) is 18.8. The van der Waals surface area contributed by atoms with Gasteiger partial charge in [0.1, 0.15) is 0 Å². The number of fused-ring (bicyclic) bond motifs is 1. The van der Waals surface area contributed by atoms with Crippen LogP contribution in [0.4, 0.5) is 5.82 Å². The maximum absolute atomic E-state index is 9.61. The molecule has 0 bridgehead atoms. The highest BCUT2D eigenvalue weighted by atomic mass is 16.4. The van der Waals surface area contributed by atoms with Crippen LogP contribution in [0.15, 0.2) is 48.8 Å². The number of hydrogen-bond donors (Lipinski definition) is 2. The number of aromatic nitrogens is 3. The maximum Gasteiger partial charge on any atom is 0.303 e. The standard InChI is InChI=1S/C14H12N4.C4H6O4/c15-14-12-4-2-1-3-11(12)13(17-18-14)9-10-5-7-16-8-6-10;5-3(6)1-2-4(7)8/h1-8H,9H2,(H2,15,18);1-2H2,(H,5,6)(H,7,8). The first-order chi connectivity index (χ1) is 12.5. The van der Waals surface area contributed by atoms with Crippen LogP contribution in [0, 0.1) is 0 Å². The van der Waals surface area contributed by atoms with Crippen LogP contribution in [0.5, 0.6) is 0 Å². The molecule has 0 aliphatic carbocycles. The normalized spacial score (nSPS) is 10.0. The van der Waals surface area contributed by atoms with Crippen LogP contribution in [0.3, 0.4) is 0 Å². The van der Waals surface area contributed by atoms with E-state index in [-0.39, 0.29) is 6.42 Å². The van der Waals surface area contributed by atoms with E-state index >= 15 is 0 Å². The summed E-state index contributed by atoms with van der Waals surface area (Å²) >= 11 is 0. The molecule has 3 rings (SSSR count). The minimum absolute atomic E-state index is 0.359. The summed E-state index contributed by atoms with van der Waals surface area (Å²) in [5, 5.41) is 26.7. The molecule has 2 aromatic heterocycles. The van der Waals surface area contributed by atoms with E-state index in [1.165, 1.54) is 5.56 Å². The lowest BCUT2D eigenvalue weighted by Gasteiger charge is -2.03. The summed E-state index contributed by atoms with van der Waals surface area (Å²) in [6.07, 6.45) is 3.58. The summed E-state index contributed by atoms with van der Waals surface area (Å²) < 4.78 is 0. The molecular formula is C18H18N4O4. The minimum atomic E-state index is -1.33. The van der Waals surface area contributed by atoms with Crippen molar-refractivity contribution < 1.29 is 24.9 Å². The number of nitrogen functional groups attached to an aromatic ring is 1. The average Bonchev–Trinajstić information content (AvgIpc) is 2.64. The van der Waals surface area contributed by atoms with Gasteiger partial charge < -0.3 is 15.0 Å². The number of hydrogen-bond acceptors (Lipinski definition) is 6. The van der Waals surface area contributed by atoms with Crippen molar-refractivity contribution in [2.75, 3.05) is 5.73 Å². The Hall–Kier alpha value is -3.55. The van der Waals surface area contributed by atoms with Crippen LogP contribution in [0.25, 0.3) is 10.8 Å². The number of carbonyl (C=O) groups excluding carboxylic acids is 1. The Kier molecular flexibility index (Phi) is 6.55. The highest BCUT2D eigenvalue weighted by Gasteiger charge is 2.10. The molecule has 1 aromatic carbocycles. The molecule has 0 aliphatic heterocycles. The molecule has 0 saturated carbocycles. The number of carboxylic acid groups (broad SMARTS) is 2. The van der Waals surface area contributed by atoms with Crippen LogP contribution in [-0.4, -0.2) is 27.1 Å². The summed E-state index contributed by atoms with van der Waals surface area (Å²) in [4.78, 5) is 23.2. The number of carboxylic acids is 2. The first-order valence-corrected chi connectivity index (χ1v) is 7.82. The van der Waals surface area contributed by atoms with Gasteiger partial charge in [-0.3, -0.25) is 15.5 Å². The van der Waals surface area contributed by atoms with Gasteiger partial charge >= 0.3 is 5.97 Å². The Morgan fingerprint density at radius 1 is 1.08 bits per heavy atom. The minimum Gasteiger partial charge on any atom is -0.550 e. The quantitative estimate of drug-likeness (QED) is 0.667. The second-order valence-corrected chi connectivity index (χ2v) is 5.43. The van der Waals surface area contributed by atoms with Crippen molar-refractivity contribution in [3.8, 4) is 0 Å². The van der Waals surface area contributed by atoms with Gasteiger partial charge in [-0.25, -0.2) is 0 Å². The highest BCUT2D eigenvalue weighted by molar-refractivity contribution is 5.90. The van der Waals surface area contributed by atoms with Crippen LogP contribution >= 0.6 is 0 Å². The van der Waals surface area contributed by atoms with Crippen LogP contribution in [-0.2, 0) is 16.0 Å². The number of nitrogens with zero attached hydrogens (tertiary/aromatic N) is 2. The lowest BCUT2D eigenvalue weighted by Crippen LogP contribution is -2.22. The first-order valence-electron chi connectivity index (χ1n) is 7.82. The van der Waals surface area contributed by atoms with Gasteiger partial charge in [0.15, 0.2) is 0 Å². The van der Waals surface area contributed by atoms with Gasteiger partial charge in [0.05, 0.1) is 17.5 Å². The van der Waals surface area contributed by atoms with E-state index in [1.807, 2.05) is 36.4 Å². The number of aliphatic carboxylic acids is 2. The van der Waals surface area contributed by atoms with Crippen LogP contribution in [0.2, 0.25) is 0 Å². The summed E-state index contributed by atoms with van der Waals surface area (Å²) in [6.45, 7) is 0. The Bertz CT molecular complexity index is 886. The number of carbonyl (C=O) groups is 2. The molecule has 0 spiro atoms. The highest BCUT2D eigenvalue weighted by Crippen LogP contribution is 2.20. The molecule has 0 fully saturated rings. The van der Waals surface area contributed by atoms with Gasteiger partial charge in [0, 0.05) is 30.2 Å². The predicted octanol–water partition coefficient (Wildman–Crippen LogP) is 0.218. The molecule has 2 heterocycles. The number of H-pyrrole nitrogens is 1. The molecule has 8 heteroatoms. The van der Waals surface area contributed by atoms with E-state index in [0.717, 1.165) is 22.9 Å². The number of anilines is 1. The number of nitrogens with two attached hydrogens (primary N) is 1. The van der Waals surface area contributed by atoms with E-state index in [2.05, 4.69) is 15.2 Å². The van der Waals surface area contributed by atoms with Gasteiger partial charge in [-0.05, 0) is 30.2 Å². The number of nitrogens with one attached hydrogen (secondary N) is 1. The Morgan fingerprint density at radius 2 is 1.73 bits per heavy atom. The Morgan fingerprint density at radius 3 is 2.31 bits per heavy atom. The van der Waals surface area contributed by atoms with E-state index in [0.29, 0.717) is 5.82 Å². The fourth-order valence-electron chi connectivity index (χ4n) is 2.26. The van der Waals surface area contributed by atoms with E-state index in [9.17, 15) is 14.7 Å². The molecule has 26 heavy (non-hydrogen) atoms. The summed E-state index contributed by atoms with van der Waals surface area (Å²) in [7, 11) is 0. The molecule has 0 amide bonds. The zero-order valence-corrected chi connectivity index (χ0v) is 13.9. The molecule has 0 aliphatic rings. The topological polar surface area (TPSA) is 143 Å². The molecule has 0 radical (unpaired) electrons. The largest absolute Gasteiger partial charge is 0.550 e. The van der Waals surface area contributed by atoms with Crippen molar-refractivity contribution in [2.45, 2.75) is 19.3 Å². The van der Waals surface area contributed by atoms with Crippen molar-refractivity contribution in [3.05, 3.63) is 60.0 Å².